The standard InChI is InChI=1S/C12H9FN2O4/c13-8-4-2-1-3-7(8)6-15-10(12(18)19)5-9(14-15)11(16)17/h1-5H,6H2,(H,16,17)(H,18,19)/p-2. The molecule has 0 aliphatic heterocycles. The summed E-state index contributed by atoms with van der Waals surface area (Å²) in [7, 11) is 0. The third-order valence-corrected chi connectivity index (χ3v) is 2.48. The van der Waals surface area contributed by atoms with Crippen LogP contribution in [0.2, 0.25) is 0 Å². The van der Waals surface area contributed by atoms with Crippen LogP contribution in [0.4, 0.5) is 4.39 Å². The van der Waals surface area contributed by atoms with E-state index in [9.17, 15) is 24.2 Å². The average Bonchev–Trinajstić information content (AvgIpc) is 2.76. The summed E-state index contributed by atoms with van der Waals surface area (Å²) in [6.45, 7) is -0.219. The summed E-state index contributed by atoms with van der Waals surface area (Å²) in [6, 6.07) is 6.51. The predicted molar refractivity (Wildman–Crippen MR) is 56.4 cm³/mol. The zero-order valence-electron chi connectivity index (χ0n) is 9.50. The van der Waals surface area contributed by atoms with Gasteiger partial charge in [-0.1, -0.05) is 18.2 Å². The minimum atomic E-state index is -1.62. The molecule has 2 rings (SSSR count). The normalized spacial score (nSPS) is 10.4. The first-order valence-electron chi connectivity index (χ1n) is 5.23. The van der Waals surface area contributed by atoms with Gasteiger partial charge in [-0.2, -0.15) is 5.10 Å². The number of aromatic nitrogens is 2. The molecule has 1 aromatic heterocycles. The molecule has 7 heteroatoms. The maximum Gasteiger partial charge on any atom is 0.128 e. The monoisotopic (exact) mass is 262 g/mol. The number of carboxylic acid groups (broad SMARTS) is 2. The largest absolute Gasteiger partial charge is 0.543 e. The second-order valence-electron chi connectivity index (χ2n) is 3.74. The molecule has 0 fully saturated rings. The molecule has 0 radical (unpaired) electrons. The molecule has 19 heavy (non-hydrogen) atoms. The lowest BCUT2D eigenvalue weighted by atomic mass is 10.2. The summed E-state index contributed by atoms with van der Waals surface area (Å²) in [4.78, 5) is 21.5. The molecule has 0 amide bonds. The lowest BCUT2D eigenvalue weighted by Gasteiger charge is -2.08. The summed E-state index contributed by atoms with van der Waals surface area (Å²) >= 11 is 0. The number of carbonyl (C=O) groups is 2. The van der Waals surface area contributed by atoms with Crippen molar-refractivity contribution in [2.45, 2.75) is 6.54 Å². The molecule has 0 bridgehead atoms. The summed E-state index contributed by atoms with van der Waals surface area (Å²) in [5.74, 6) is -3.76. The van der Waals surface area contributed by atoms with Gasteiger partial charge in [0.2, 0.25) is 0 Å². The molecule has 0 saturated carbocycles. The Hall–Kier alpha value is -2.70. The van der Waals surface area contributed by atoms with Crippen LogP contribution in [-0.4, -0.2) is 21.7 Å². The Morgan fingerprint density at radius 2 is 1.89 bits per heavy atom. The number of halogens is 1. The number of hydrogen-bond acceptors (Lipinski definition) is 5. The maximum absolute atomic E-state index is 13.4. The summed E-state index contributed by atoms with van der Waals surface area (Å²) < 4.78 is 14.3. The molecular formula is C12H7FN2O4-2. The zero-order valence-corrected chi connectivity index (χ0v) is 9.50. The molecule has 98 valence electrons. The van der Waals surface area contributed by atoms with Crippen molar-refractivity contribution in [3.8, 4) is 0 Å². The molecule has 0 atom stereocenters. The highest BCUT2D eigenvalue weighted by atomic mass is 19.1. The SMILES string of the molecule is O=C([O-])c1cc(C(=O)[O-])n(Cc2ccccc2F)n1. The molecule has 0 unspecified atom stereocenters. The second-order valence-corrected chi connectivity index (χ2v) is 3.74. The molecule has 1 heterocycles. The zero-order chi connectivity index (χ0) is 14.0. The average molecular weight is 262 g/mol. The van der Waals surface area contributed by atoms with Crippen LogP contribution in [0.25, 0.3) is 0 Å². The van der Waals surface area contributed by atoms with Crippen molar-refractivity contribution in [2.75, 3.05) is 0 Å². The van der Waals surface area contributed by atoms with Gasteiger partial charge in [-0.3, -0.25) is 4.68 Å². The van der Waals surface area contributed by atoms with Crippen LogP contribution in [0.5, 0.6) is 0 Å². The number of nitrogens with zero attached hydrogens (tertiary/aromatic N) is 2. The molecular weight excluding hydrogens is 255 g/mol. The fourth-order valence-corrected chi connectivity index (χ4v) is 1.59. The Kier molecular flexibility index (Phi) is 3.28. The summed E-state index contributed by atoms with van der Waals surface area (Å²) in [6.07, 6.45) is 0. The third kappa shape index (κ3) is 2.59. The first-order valence-corrected chi connectivity index (χ1v) is 5.23. The van der Waals surface area contributed by atoms with Crippen LogP contribution in [-0.2, 0) is 6.54 Å². The highest BCUT2D eigenvalue weighted by molar-refractivity contribution is 5.89. The number of carbonyl (C=O) groups excluding carboxylic acids is 2. The van der Waals surface area contributed by atoms with Gasteiger partial charge in [0, 0.05) is 5.56 Å². The highest BCUT2D eigenvalue weighted by Gasteiger charge is 2.11. The molecule has 0 aliphatic rings. The predicted octanol–water partition coefficient (Wildman–Crippen LogP) is -1.20. The molecule has 1 aromatic carbocycles. The van der Waals surface area contributed by atoms with Crippen molar-refractivity contribution >= 4 is 11.9 Å². The molecule has 6 nitrogen and oxygen atoms in total. The van der Waals surface area contributed by atoms with Crippen LogP contribution in [0, 0.1) is 5.82 Å². The number of carboxylic acids is 2. The number of rotatable bonds is 4. The summed E-state index contributed by atoms with van der Waals surface area (Å²) in [5, 5.41) is 25.0. The van der Waals surface area contributed by atoms with E-state index in [0.717, 1.165) is 10.7 Å². The minimum Gasteiger partial charge on any atom is -0.543 e. The van der Waals surface area contributed by atoms with E-state index in [1.54, 1.807) is 6.07 Å². The van der Waals surface area contributed by atoms with E-state index in [-0.39, 0.29) is 12.1 Å². The van der Waals surface area contributed by atoms with E-state index < -0.39 is 29.1 Å². The Bertz CT molecular complexity index is 651. The topological polar surface area (TPSA) is 98.1 Å². The Morgan fingerprint density at radius 1 is 1.21 bits per heavy atom. The lowest BCUT2D eigenvalue weighted by molar-refractivity contribution is -0.256. The lowest BCUT2D eigenvalue weighted by Crippen LogP contribution is -2.26. The minimum absolute atomic E-state index is 0.179. The van der Waals surface area contributed by atoms with Gasteiger partial charge in [0.05, 0.1) is 24.2 Å². The quantitative estimate of drug-likeness (QED) is 0.689. The van der Waals surface area contributed by atoms with Gasteiger partial charge in [-0.25, -0.2) is 4.39 Å². The van der Waals surface area contributed by atoms with Crippen molar-refractivity contribution in [1.82, 2.24) is 9.78 Å². The Morgan fingerprint density at radius 3 is 2.47 bits per heavy atom. The van der Waals surface area contributed by atoms with Crippen LogP contribution in [0.3, 0.4) is 0 Å². The number of benzene rings is 1. The van der Waals surface area contributed by atoms with Gasteiger partial charge >= 0.3 is 0 Å². The fourth-order valence-electron chi connectivity index (χ4n) is 1.59. The van der Waals surface area contributed by atoms with Gasteiger partial charge in [0.25, 0.3) is 0 Å². The molecule has 0 saturated heterocycles. The number of aromatic carboxylic acids is 2. The van der Waals surface area contributed by atoms with Crippen LogP contribution >= 0.6 is 0 Å². The summed E-state index contributed by atoms with van der Waals surface area (Å²) in [5.41, 5.74) is -0.823. The molecule has 0 N–H and O–H groups in total. The van der Waals surface area contributed by atoms with Gasteiger partial charge in [0.15, 0.2) is 0 Å². The van der Waals surface area contributed by atoms with Crippen molar-refractivity contribution < 1.29 is 24.2 Å². The van der Waals surface area contributed by atoms with Gasteiger partial charge in [-0.15, -0.1) is 0 Å². The Labute approximate surface area is 106 Å². The molecule has 2 aromatic rings. The highest BCUT2D eigenvalue weighted by Crippen LogP contribution is 2.11. The Balaban J connectivity index is 2.42. The van der Waals surface area contributed by atoms with Crippen molar-refractivity contribution in [3.63, 3.8) is 0 Å². The smallest absolute Gasteiger partial charge is 0.128 e. The third-order valence-electron chi connectivity index (χ3n) is 2.48. The van der Waals surface area contributed by atoms with E-state index in [1.165, 1.54) is 18.2 Å². The van der Waals surface area contributed by atoms with E-state index in [2.05, 4.69) is 5.10 Å². The fraction of sp³-hybridized carbons (Fsp3) is 0.0833. The van der Waals surface area contributed by atoms with Gasteiger partial charge in [0.1, 0.15) is 11.5 Å². The van der Waals surface area contributed by atoms with Crippen LogP contribution < -0.4 is 10.2 Å². The van der Waals surface area contributed by atoms with E-state index in [4.69, 9.17) is 0 Å². The first-order chi connectivity index (χ1) is 8.99. The van der Waals surface area contributed by atoms with Crippen molar-refractivity contribution in [1.29, 1.82) is 0 Å². The molecule has 0 spiro atoms. The van der Waals surface area contributed by atoms with Gasteiger partial charge in [-0.05, 0) is 12.1 Å². The van der Waals surface area contributed by atoms with E-state index in [1.807, 2.05) is 0 Å². The van der Waals surface area contributed by atoms with E-state index >= 15 is 0 Å². The maximum atomic E-state index is 13.4. The van der Waals surface area contributed by atoms with Crippen molar-refractivity contribution in [2.24, 2.45) is 0 Å². The van der Waals surface area contributed by atoms with Crippen LogP contribution in [0.1, 0.15) is 26.5 Å². The van der Waals surface area contributed by atoms with E-state index in [0.29, 0.717) is 0 Å². The van der Waals surface area contributed by atoms with Crippen molar-refractivity contribution in [3.05, 3.63) is 53.1 Å². The second kappa shape index (κ2) is 4.89. The first kappa shape index (κ1) is 12.7. The van der Waals surface area contributed by atoms with Crippen LogP contribution in [0.15, 0.2) is 30.3 Å². The van der Waals surface area contributed by atoms with Gasteiger partial charge < -0.3 is 19.8 Å². The molecule has 0 aliphatic carbocycles. The number of hydrogen-bond donors (Lipinski definition) is 0.